The van der Waals surface area contributed by atoms with Gasteiger partial charge in [-0.05, 0) is 6.42 Å². The second-order valence-electron chi connectivity index (χ2n) is 2.11. The average Bonchev–Trinajstić information content (AvgIpc) is 1.97. The summed E-state index contributed by atoms with van der Waals surface area (Å²) in [5, 5.41) is 4.95. The highest BCUT2D eigenvalue weighted by molar-refractivity contribution is 5.83. The van der Waals surface area contributed by atoms with Gasteiger partial charge in [0.15, 0.2) is 0 Å². The lowest BCUT2D eigenvalue weighted by atomic mass is 10.4. The van der Waals surface area contributed by atoms with E-state index in [1.54, 1.807) is 0 Å². The Morgan fingerprint density at radius 3 is 2.45 bits per heavy atom. The van der Waals surface area contributed by atoms with Crippen LogP contribution < -0.4 is 10.6 Å². The van der Waals surface area contributed by atoms with Gasteiger partial charge in [-0.15, -0.1) is 0 Å². The van der Waals surface area contributed by atoms with E-state index in [-0.39, 0.29) is 18.4 Å². The lowest BCUT2D eigenvalue weighted by molar-refractivity contribution is -0.125. The van der Waals surface area contributed by atoms with Crippen LogP contribution in [0.2, 0.25) is 0 Å². The van der Waals surface area contributed by atoms with Crippen molar-refractivity contribution in [1.82, 2.24) is 10.6 Å². The molecule has 0 atom stereocenters. The minimum absolute atomic E-state index is 0.0509. The molecule has 0 aliphatic heterocycles. The molecule has 0 heterocycles. The molecule has 11 heavy (non-hydrogen) atoms. The molecule has 0 fully saturated rings. The Bertz CT molecular complexity index is 145. The van der Waals surface area contributed by atoms with Crippen LogP contribution in [-0.4, -0.2) is 24.9 Å². The smallest absolute Gasteiger partial charge is 0.239 e. The molecular formula is C7H13N2O2. The number of carbonyl (C=O) groups excluding carboxylic acids is 2. The lowest BCUT2D eigenvalue weighted by Crippen LogP contribution is -2.36. The zero-order valence-corrected chi connectivity index (χ0v) is 6.64. The van der Waals surface area contributed by atoms with Crippen LogP contribution in [0, 0.1) is 6.92 Å². The summed E-state index contributed by atoms with van der Waals surface area (Å²) >= 11 is 0. The van der Waals surface area contributed by atoms with Crippen molar-refractivity contribution < 1.29 is 9.59 Å². The highest BCUT2D eigenvalue weighted by Gasteiger charge is 1.98. The van der Waals surface area contributed by atoms with Gasteiger partial charge in [-0.25, -0.2) is 0 Å². The highest BCUT2D eigenvalue weighted by Crippen LogP contribution is 1.70. The summed E-state index contributed by atoms with van der Waals surface area (Å²) in [6, 6.07) is 0. The number of hydrogen-bond donors (Lipinski definition) is 2. The second kappa shape index (κ2) is 5.70. The maximum Gasteiger partial charge on any atom is 0.239 e. The fourth-order valence-corrected chi connectivity index (χ4v) is 0.495. The van der Waals surface area contributed by atoms with E-state index >= 15 is 0 Å². The molecule has 4 heteroatoms. The van der Waals surface area contributed by atoms with Gasteiger partial charge in [-0.1, -0.05) is 6.92 Å². The standard InChI is InChI=1S/C7H13N2O2/c1-3-4-8-7(11)5-9-6(2)10/h1,3-5H2,2H3,(H,8,11)(H,9,10). The van der Waals surface area contributed by atoms with Gasteiger partial charge in [0.05, 0.1) is 6.54 Å². The minimum atomic E-state index is -0.199. The number of nitrogens with one attached hydrogen (secondary N) is 2. The van der Waals surface area contributed by atoms with E-state index in [1.807, 2.05) is 0 Å². The van der Waals surface area contributed by atoms with Gasteiger partial charge in [0.1, 0.15) is 0 Å². The first kappa shape index (κ1) is 9.94. The number of carbonyl (C=O) groups is 2. The molecule has 0 bridgehead atoms. The molecule has 0 aromatic carbocycles. The molecule has 0 aliphatic rings. The summed E-state index contributed by atoms with van der Waals surface area (Å²) < 4.78 is 0. The molecule has 0 aliphatic carbocycles. The summed E-state index contributed by atoms with van der Waals surface area (Å²) in [6.07, 6.45) is 0.659. The van der Waals surface area contributed by atoms with Gasteiger partial charge in [-0.3, -0.25) is 9.59 Å². The maximum absolute atomic E-state index is 10.8. The monoisotopic (exact) mass is 157 g/mol. The third kappa shape index (κ3) is 6.83. The Balaban J connectivity index is 3.30. The van der Waals surface area contributed by atoms with Crippen molar-refractivity contribution in [2.45, 2.75) is 13.3 Å². The molecule has 0 saturated carbocycles. The van der Waals surface area contributed by atoms with Crippen molar-refractivity contribution in [3.63, 3.8) is 0 Å². The molecule has 4 nitrogen and oxygen atoms in total. The highest BCUT2D eigenvalue weighted by atomic mass is 16.2. The predicted molar refractivity (Wildman–Crippen MR) is 41.7 cm³/mol. The Kier molecular flexibility index (Phi) is 5.15. The fourth-order valence-electron chi connectivity index (χ4n) is 0.495. The van der Waals surface area contributed by atoms with Crippen LogP contribution in [0.1, 0.15) is 13.3 Å². The van der Waals surface area contributed by atoms with E-state index in [0.717, 1.165) is 0 Å². The van der Waals surface area contributed by atoms with Crippen LogP contribution in [0.25, 0.3) is 0 Å². The number of rotatable bonds is 4. The first-order valence-corrected chi connectivity index (χ1v) is 3.47. The van der Waals surface area contributed by atoms with Crippen molar-refractivity contribution in [2.24, 2.45) is 0 Å². The molecule has 0 rings (SSSR count). The van der Waals surface area contributed by atoms with Gasteiger partial charge in [0.25, 0.3) is 0 Å². The molecule has 2 N–H and O–H groups in total. The normalized spacial score (nSPS) is 8.91. The van der Waals surface area contributed by atoms with Crippen molar-refractivity contribution >= 4 is 11.8 Å². The van der Waals surface area contributed by atoms with Crippen molar-refractivity contribution in [3.05, 3.63) is 6.92 Å². The van der Waals surface area contributed by atoms with E-state index in [2.05, 4.69) is 17.6 Å². The number of amides is 2. The third-order valence-corrected chi connectivity index (χ3v) is 0.997. The molecule has 0 aromatic heterocycles. The molecular weight excluding hydrogens is 144 g/mol. The van der Waals surface area contributed by atoms with E-state index in [4.69, 9.17) is 0 Å². The zero-order chi connectivity index (χ0) is 8.69. The van der Waals surface area contributed by atoms with Gasteiger partial charge in [-0.2, -0.15) is 0 Å². The topological polar surface area (TPSA) is 58.2 Å². The Morgan fingerprint density at radius 2 is 2.00 bits per heavy atom. The largest absolute Gasteiger partial charge is 0.355 e. The second-order valence-corrected chi connectivity index (χ2v) is 2.11. The summed E-state index contributed by atoms with van der Waals surface area (Å²) in [7, 11) is 0. The van der Waals surface area contributed by atoms with Crippen LogP contribution in [0.15, 0.2) is 0 Å². The van der Waals surface area contributed by atoms with E-state index in [0.29, 0.717) is 13.0 Å². The molecule has 63 valence electrons. The molecule has 0 saturated heterocycles. The molecule has 1 radical (unpaired) electrons. The van der Waals surface area contributed by atoms with Crippen molar-refractivity contribution in [3.8, 4) is 0 Å². The molecule has 0 unspecified atom stereocenters. The Labute approximate surface area is 66.4 Å². The summed E-state index contributed by atoms with van der Waals surface area (Å²) in [4.78, 5) is 21.1. The van der Waals surface area contributed by atoms with Crippen LogP contribution >= 0.6 is 0 Å². The van der Waals surface area contributed by atoms with Gasteiger partial charge in [0.2, 0.25) is 11.8 Å². The zero-order valence-electron chi connectivity index (χ0n) is 6.64. The van der Waals surface area contributed by atoms with E-state index < -0.39 is 0 Å². The third-order valence-electron chi connectivity index (χ3n) is 0.997. The Hall–Kier alpha value is -1.06. The lowest BCUT2D eigenvalue weighted by Gasteiger charge is -2.02. The van der Waals surface area contributed by atoms with Crippen molar-refractivity contribution in [1.29, 1.82) is 0 Å². The van der Waals surface area contributed by atoms with E-state index in [9.17, 15) is 9.59 Å². The fraction of sp³-hybridized carbons (Fsp3) is 0.571. The SMILES string of the molecule is [CH2]CCNC(=O)CNC(C)=O. The van der Waals surface area contributed by atoms with Crippen LogP contribution in [0.3, 0.4) is 0 Å². The minimum Gasteiger partial charge on any atom is -0.355 e. The molecule has 0 spiro atoms. The first-order chi connectivity index (χ1) is 5.16. The van der Waals surface area contributed by atoms with Gasteiger partial charge >= 0.3 is 0 Å². The summed E-state index contributed by atoms with van der Waals surface area (Å²) in [5.74, 6) is -0.376. The van der Waals surface area contributed by atoms with Crippen molar-refractivity contribution in [2.75, 3.05) is 13.1 Å². The predicted octanol–water partition coefficient (Wildman–Crippen LogP) is -0.537. The van der Waals surface area contributed by atoms with E-state index in [1.165, 1.54) is 6.92 Å². The number of hydrogen-bond acceptors (Lipinski definition) is 2. The average molecular weight is 157 g/mol. The van der Waals surface area contributed by atoms with Crippen LogP contribution in [-0.2, 0) is 9.59 Å². The first-order valence-electron chi connectivity index (χ1n) is 3.47. The maximum atomic E-state index is 10.8. The van der Waals surface area contributed by atoms with Gasteiger partial charge in [0, 0.05) is 13.5 Å². The summed E-state index contributed by atoms with van der Waals surface area (Å²) in [5.41, 5.74) is 0. The molecule has 0 aromatic rings. The van der Waals surface area contributed by atoms with Crippen LogP contribution in [0.4, 0.5) is 0 Å². The quantitative estimate of drug-likeness (QED) is 0.576. The van der Waals surface area contributed by atoms with Crippen LogP contribution in [0.5, 0.6) is 0 Å². The molecule has 2 amide bonds. The van der Waals surface area contributed by atoms with Gasteiger partial charge < -0.3 is 10.6 Å². The summed E-state index contributed by atoms with van der Waals surface area (Å²) in [6.45, 7) is 5.53. The Morgan fingerprint density at radius 1 is 1.36 bits per heavy atom.